The smallest absolute Gasteiger partial charge is 0.335 e. The van der Waals surface area contributed by atoms with Gasteiger partial charge in [-0.05, 0) is 50.3 Å². The van der Waals surface area contributed by atoms with Crippen LogP contribution >= 0.6 is 0 Å². The van der Waals surface area contributed by atoms with Gasteiger partial charge in [-0.1, -0.05) is 6.07 Å². The molecule has 0 radical (unpaired) electrons. The molecule has 0 bridgehead atoms. The first-order valence-electron chi connectivity index (χ1n) is 6.97. The fraction of sp³-hybridized carbons (Fsp3) is 0.533. The van der Waals surface area contributed by atoms with Crippen LogP contribution in [0.25, 0.3) is 0 Å². The predicted molar refractivity (Wildman–Crippen MR) is 78.4 cm³/mol. The van der Waals surface area contributed by atoms with E-state index >= 15 is 0 Å². The normalized spacial score (nSPS) is 23.0. The molecule has 1 saturated carbocycles. The fourth-order valence-corrected chi connectivity index (χ4v) is 5.04. The van der Waals surface area contributed by atoms with Crippen LogP contribution in [0.5, 0.6) is 0 Å². The van der Waals surface area contributed by atoms with E-state index < -0.39 is 21.1 Å². The molecular formula is C15H20O5S. The number of carboxylic acid groups (broad SMARTS) is 1. The summed E-state index contributed by atoms with van der Waals surface area (Å²) in [4.78, 5) is 11.3. The zero-order valence-corrected chi connectivity index (χ0v) is 13.0. The van der Waals surface area contributed by atoms with Crippen LogP contribution in [-0.4, -0.2) is 38.0 Å². The van der Waals surface area contributed by atoms with Crippen LogP contribution < -0.4 is 0 Å². The number of hydrogen-bond acceptors (Lipinski definition) is 4. The summed E-state index contributed by atoms with van der Waals surface area (Å²) in [5.74, 6) is -1.11. The number of hydrogen-bond donors (Lipinski definition) is 1. The number of aromatic carboxylic acids is 1. The van der Waals surface area contributed by atoms with Crippen molar-refractivity contribution in [2.75, 3.05) is 7.11 Å². The standard InChI is InChI=1S/C15H20O5S/c1-10-13(15(16)17)7-4-8-14(10)21(18,19)12-6-3-5-11(9-12)20-2/h4,7-8,11-12H,3,5-6,9H2,1-2H3,(H,16,17). The zero-order valence-electron chi connectivity index (χ0n) is 12.2. The molecule has 1 aliphatic rings. The molecule has 0 heterocycles. The summed E-state index contributed by atoms with van der Waals surface area (Å²) in [6, 6.07) is 4.41. The van der Waals surface area contributed by atoms with E-state index in [1.807, 2.05) is 0 Å². The second kappa shape index (κ2) is 6.15. The highest BCUT2D eigenvalue weighted by Crippen LogP contribution is 2.32. The van der Waals surface area contributed by atoms with Crippen LogP contribution in [0.4, 0.5) is 0 Å². The third kappa shape index (κ3) is 3.11. The maximum atomic E-state index is 12.8. The second-order valence-corrected chi connectivity index (χ2v) is 7.62. The SMILES string of the molecule is COC1CCCC(S(=O)(=O)c2cccc(C(=O)O)c2C)C1. The molecule has 1 fully saturated rings. The van der Waals surface area contributed by atoms with Crippen molar-refractivity contribution in [3.8, 4) is 0 Å². The number of carboxylic acids is 1. The van der Waals surface area contributed by atoms with Crippen molar-refractivity contribution in [1.82, 2.24) is 0 Å². The molecule has 6 heteroatoms. The fourth-order valence-electron chi connectivity index (χ4n) is 2.93. The van der Waals surface area contributed by atoms with Crippen molar-refractivity contribution < 1.29 is 23.1 Å². The minimum absolute atomic E-state index is 0.0372. The van der Waals surface area contributed by atoms with Crippen molar-refractivity contribution in [3.05, 3.63) is 29.3 Å². The highest BCUT2D eigenvalue weighted by atomic mass is 32.2. The predicted octanol–water partition coefficient (Wildman–Crippen LogP) is 2.42. The lowest BCUT2D eigenvalue weighted by atomic mass is 9.97. The first kappa shape index (κ1) is 16.0. The van der Waals surface area contributed by atoms with Crippen LogP contribution in [0, 0.1) is 6.92 Å². The molecule has 2 unspecified atom stereocenters. The molecule has 0 saturated heterocycles. The Kier molecular flexibility index (Phi) is 4.68. The van der Waals surface area contributed by atoms with Crippen LogP contribution in [0.2, 0.25) is 0 Å². The summed E-state index contributed by atoms with van der Waals surface area (Å²) < 4.78 is 30.9. The molecule has 0 spiro atoms. The van der Waals surface area contributed by atoms with Gasteiger partial charge < -0.3 is 9.84 Å². The van der Waals surface area contributed by atoms with Crippen LogP contribution in [0.15, 0.2) is 23.1 Å². The molecule has 1 aliphatic carbocycles. The topological polar surface area (TPSA) is 80.7 Å². The molecule has 1 N–H and O–H groups in total. The molecular weight excluding hydrogens is 292 g/mol. The van der Waals surface area contributed by atoms with Gasteiger partial charge in [0.15, 0.2) is 9.84 Å². The van der Waals surface area contributed by atoms with E-state index in [0.717, 1.165) is 12.8 Å². The van der Waals surface area contributed by atoms with E-state index in [1.165, 1.54) is 18.2 Å². The molecule has 116 valence electrons. The Hall–Kier alpha value is -1.40. The summed E-state index contributed by atoms with van der Waals surface area (Å²) in [5, 5.41) is 8.63. The minimum Gasteiger partial charge on any atom is -0.478 e. The molecule has 21 heavy (non-hydrogen) atoms. The van der Waals surface area contributed by atoms with E-state index in [9.17, 15) is 13.2 Å². The van der Waals surface area contributed by atoms with Gasteiger partial charge in [-0.2, -0.15) is 0 Å². The maximum Gasteiger partial charge on any atom is 0.335 e. The first-order chi connectivity index (χ1) is 9.87. The van der Waals surface area contributed by atoms with E-state index in [1.54, 1.807) is 14.0 Å². The Morgan fingerprint density at radius 2 is 2.05 bits per heavy atom. The lowest BCUT2D eigenvalue weighted by Gasteiger charge is -2.28. The van der Waals surface area contributed by atoms with Crippen molar-refractivity contribution in [1.29, 1.82) is 0 Å². The van der Waals surface area contributed by atoms with Gasteiger partial charge >= 0.3 is 5.97 Å². The molecule has 0 aromatic heterocycles. The average molecular weight is 312 g/mol. The van der Waals surface area contributed by atoms with Gasteiger partial charge in [-0.25, -0.2) is 13.2 Å². The maximum absolute atomic E-state index is 12.8. The number of sulfone groups is 1. The lowest BCUT2D eigenvalue weighted by molar-refractivity contribution is 0.0695. The van der Waals surface area contributed by atoms with Crippen LogP contribution in [0.1, 0.15) is 41.6 Å². The van der Waals surface area contributed by atoms with Gasteiger partial charge in [0, 0.05) is 7.11 Å². The Morgan fingerprint density at radius 1 is 1.33 bits per heavy atom. The van der Waals surface area contributed by atoms with Crippen molar-refractivity contribution >= 4 is 15.8 Å². The van der Waals surface area contributed by atoms with Crippen molar-refractivity contribution in [2.45, 2.75) is 48.9 Å². The van der Waals surface area contributed by atoms with Crippen molar-refractivity contribution in [2.24, 2.45) is 0 Å². The Labute approximate surface area is 124 Å². The van der Waals surface area contributed by atoms with Gasteiger partial charge in [-0.15, -0.1) is 0 Å². The molecule has 1 aromatic rings. The number of ether oxygens (including phenoxy) is 1. The summed E-state index contributed by atoms with van der Waals surface area (Å²) >= 11 is 0. The lowest BCUT2D eigenvalue weighted by Crippen LogP contribution is -2.32. The number of methoxy groups -OCH3 is 1. The zero-order chi connectivity index (χ0) is 15.6. The van der Waals surface area contributed by atoms with E-state index in [4.69, 9.17) is 9.84 Å². The molecule has 2 rings (SSSR count). The first-order valence-corrected chi connectivity index (χ1v) is 8.52. The summed E-state index contributed by atoms with van der Waals surface area (Å²) in [7, 11) is -1.94. The van der Waals surface area contributed by atoms with Gasteiger partial charge in [0.05, 0.1) is 21.8 Å². The van der Waals surface area contributed by atoms with Crippen molar-refractivity contribution in [3.63, 3.8) is 0 Å². The molecule has 0 amide bonds. The van der Waals surface area contributed by atoms with Gasteiger partial charge in [0.25, 0.3) is 0 Å². The monoisotopic (exact) mass is 312 g/mol. The third-order valence-electron chi connectivity index (χ3n) is 4.17. The number of rotatable bonds is 4. The molecule has 1 aromatic carbocycles. The molecule has 0 aliphatic heterocycles. The molecule has 5 nitrogen and oxygen atoms in total. The largest absolute Gasteiger partial charge is 0.478 e. The van der Waals surface area contributed by atoms with Gasteiger partial charge in [0.2, 0.25) is 0 Å². The third-order valence-corrected chi connectivity index (χ3v) is 6.53. The number of carbonyl (C=O) groups is 1. The molecule has 2 atom stereocenters. The Bertz CT molecular complexity index is 635. The summed E-state index contributed by atoms with van der Waals surface area (Å²) in [6.45, 7) is 1.55. The summed E-state index contributed by atoms with van der Waals surface area (Å²) in [5.41, 5.74) is 0.347. The summed E-state index contributed by atoms with van der Waals surface area (Å²) in [6.07, 6.45) is 2.70. The van der Waals surface area contributed by atoms with Crippen LogP contribution in [0.3, 0.4) is 0 Å². The Morgan fingerprint density at radius 3 is 2.67 bits per heavy atom. The highest BCUT2D eigenvalue weighted by molar-refractivity contribution is 7.92. The van der Waals surface area contributed by atoms with Gasteiger partial charge in [0.1, 0.15) is 0 Å². The van der Waals surface area contributed by atoms with E-state index in [-0.39, 0.29) is 16.6 Å². The second-order valence-electron chi connectivity index (χ2n) is 5.43. The average Bonchev–Trinajstić information content (AvgIpc) is 2.47. The van der Waals surface area contributed by atoms with E-state index in [0.29, 0.717) is 18.4 Å². The van der Waals surface area contributed by atoms with Gasteiger partial charge in [-0.3, -0.25) is 0 Å². The Balaban J connectivity index is 2.40. The van der Waals surface area contributed by atoms with Crippen LogP contribution in [-0.2, 0) is 14.6 Å². The van der Waals surface area contributed by atoms with E-state index in [2.05, 4.69) is 0 Å². The highest BCUT2D eigenvalue weighted by Gasteiger charge is 2.34. The minimum atomic E-state index is -3.54. The quantitative estimate of drug-likeness (QED) is 0.923. The number of benzene rings is 1.